The molecular weight excluding hydrogens is 523 g/mol. The average Bonchev–Trinajstić information content (AvgIpc) is 3.23. The SMILES string of the molecule is Cc1nn([C@H](C)c2ccc(Cl)cc2Cl)c2nc(N3CC[C@@H](N4CCCC(CCC(=O)O)C4)[C@@H](C)C3)cnc12. The van der Waals surface area contributed by atoms with Gasteiger partial charge in [0.05, 0.1) is 17.9 Å². The standard InChI is InChI=1S/C28H36Cl2N6O2/c1-17-15-35(12-10-24(17)34-11-4-5-20(16-34)6-9-26(37)38)25-14-31-27-18(2)33-36(28(27)32-25)19(3)22-8-7-21(29)13-23(22)30/h7-8,13-14,17,19-20,24H,4-6,9-12,15-16H2,1-3H3,(H,37,38)/t17-,19+,20?,24+/m0/s1. The molecule has 1 unspecified atom stereocenters. The van der Waals surface area contributed by atoms with E-state index in [9.17, 15) is 4.79 Å². The first-order chi connectivity index (χ1) is 18.2. The summed E-state index contributed by atoms with van der Waals surface area (Å²) in [6.07, 6.45) is 6.27. The number of halogens is 2. The summed E-state index contributed by atoms with van der Waals surface area (Å²) in [6, 6.07) is 5.92. The Kier molecular flexibility index (Phi) is 8.12. The minimum Gasteiger partial charge on any atom is -0.481 e. The van der Waals surface area contributed by atoms with Crippen molar-refractivity contribution in [3.63, 3.8) is 0 Å². The molecule has 5 rings (SSSR count). The smallest absolute Gasteiger partial charge is 0.303 e. The van der Waals surface area contributed by atoms with Crippen molar-refractivity contribution in [2.75, 3.05) is 31.1 Å². The van der Waals surface area contributed by atoms with Crippen LogP contribution < -0.4 is 4.90 Å². The minimum atomic E-state index is -0.691. The average molecular weight is 560 g/mol. The number of piperidine rings is 2. The molecule has 0 aliphatic carbocycles. The van der Waals surface area contributed by atoms with E-state index in [-0.39, 0.29) is 12.5 Å². The van der Waals surface area contributed by atoms with E-state index in [4.69, 9.17) is 43.4 Å². The Morgan fingerprint density at radius 2 is 2.03 bits per heavy atom. The van der Waals surface area contributed by atoms with Crippen LogP contribution in [0.1, 0.15) is 63.3 Å². The fraction of sp³-hybridized carbons (Fsp3) is 0.571. The van der Waals surface area contributed by atoms with E-state index in [0.29, 0.717) is 27.9 Å². The number of aromatic nitrogens is 4. The number of benzene rings is 1. The first-order valence-electron chi connectivity index (χ1n) is 13.6. The van der Waals surface area contributed by atoms with Gasteiger partial charge in [0, 0.05) is 42.1 Å². The molecule has 2 fully saturated rings. The normalized spacial score (nSPS) is 23.6. The maximum absolute atomic E-state index is 11.0. The first-order valence-corrected chi connectivity index (χ1v) is 14.3. The van der Waals surface area contributed by atoms with Crippen LogP contribution in [0.4, 0.5) is 5.82 Å². The Balaban J connectivity index is 1.32. The number of nitrogens with zero attached hydrogens (tertiary/aromatic N) is 6. The quantitative estimate of drug-likeness (QED) is 0.389. The summed E-state index contributed by atoms with van der Waals surface area (Å²) in [5.74, 6) is 1.14. The number of aliphatic carboxylic acids is 1. The van der Waals surface area contributed by atoms with Crippen molar-refractivity contribution < 1.29 is 9.90 Å². The predicted octanol–water partition coefficient (Wildman–Crippen LogP) is 5.84. The Hall–Kier alpha value is -2.42. The van der Waals surface area contributed by atoms with Gasteiger partial charge in [0.25, 0.3) is 0 Å². The molecule has 4 heterocycles. The van der Waals surface area contributed by atoms with Crippen molar-refractivity contribution in [3.05, 3.63) is 45.7 Å². The van der Waals surface area contributed by atoms with Crippen molar-refractivity contribution in [1.82, 2.24) is 24.6 Å². The fourth-order valence-electron chi connectivity index (χ4n) is 6.28. The van der Waals surface area contributed by atoms with Gasteiger partial charge in [-0.05, 0) is 75.6 Å². The molecule has 0 amide bonds. The summed E-state index contributed by atoms with van der Waals surface area (Å²) < 4.78 is 1.91. The fourth-order valence-corrected chi connectivity index (χ4v) is 6.85. The van der Waals surface area contributed by atoms with Gasteiger partial charge in [-0.25, -0.2) is 14.6 Å². The summed E-state index contributed by atoms with van der Waals surface area (Å²) in [5, 5.41) is 15.1. The molecule has 1 aromatic carbocycles. The summed E-state index contributed by atoms with van der Waals surface area (Å²) in [6.45, 7) is 10.3. The first kappa shape index (κ1) is 27.2. The van der Waals surface area contributed by atoms with Crippen LogP contribution in [0, 0.1) is 18.8 Å². The van der Waals surface area contributed by atoms with Gasteiger partial charge in [0.2, 0.25) is 0 Å². The summed E-state index contributed by atoms with van der Waals surface area (Å²) in [4.78, 5) is 25.8. The molecule has 0 bridgehead atoms. The number of aryl methyl sites for hydroxylation is 1. The second-order valence-corrected chi connectivity index (χ2v) is 11.8. The Bertz CT molecular complexity index is 1310. The van der Waals surface area contributed by atoms with Gasteiger partial charge < -0.3 is 10.0 Å². The van der Waals surface area contributed by atoms with Gasteiger partial charge in [0.15, 0.2) is 5.65 Å². The van der Waals surface area contributed by atoms with E-state index >= 15 is 0 Å². The Morgan fingerprint density at radius 1 is 1.21 bits per heavy atom. The lowest BCUT2D eigenvalue weighted by Crippen LogP contribution is -2.53. The van der Waals surface area contributed by atoms with Crippen LogP contribution in [0.25, 0.3) is 11.2 Å². The highest BCUT2D eigenvalue weighted by molar-refractivity contribution is 6.35. The van der Waals surface area contributed by atoms with Crippen molar-refractivity contribution >= 4 is 46.2 Å². The third-order valence-electron chi connectivity index (χ3n) is 8.31. The number of hydrogen-bond donors (Lipinski definition) is 1. The Morgan fingerprint density at radius 3 is 2.76 bits per heavy atom. The van der Waals surface area contributed by atoms with E-state index in [1.165, 1.54) is 0 Å². The number of hydrogen-bond acceptors (Lipinski definition) is 6. The molecule has 2 aliphatic heterocycles. The van der Waals surface area contributed by atoms with E-state index in [1.54, 1.807) is 6.07 Å². The van der Waals surface area contributed by atoms with E-state index < -0.39 is 5.97 Å². The van der Waals surface area contributed by atoms with Crippen LogP contribution in [0.15, 0.2) is 24.4 Å². The lowest BCUT2D eigenvalue weighted by molar-refractivity contribution is -0.137. The highest BCUT2D eigenvalue weighted by Gasteiger charge is 2.34. The van der Waals surface area contributed by atoms with Crippen molar-refractivity contribution in [1.29, 1.82) is 0 Å². The number of fused-ring (bicyclic) bond motifs is 1. The minimum absolute atomic E-state index is 0.127. The topological polar surface area (TPSA) is 87.4 Å². The molecule has 2 saturated heterocycles. The monoisotopic (exact) mass is 558 g/mol. The number of carboxylic acid groups (broad SMARTS) is 1. The van der Waals surface area contributed by atoms with Gasteiger partial charge in [-0.3, -0.25) is 9.69 Å². The van der Waals surface area contributed by atoms with Crippen LogP contribution in [0.3, 0.4) is 0 Å². The van der Waals surface area contributed by atoms with Gasteiger partial charge >= 0.3 is 5.97 Å². The molecule has 8 nitrogen and oxygen atoms in total. The van der Waals surface area contributed by atoms with Gasteiger partial charge in [-0.15, -0.1) is 0 Å². The van der Waals surface area contributed by atoms with Crippen molar-refractivity contribution in [3.8, 4) is 0 Å². The van der Waals surface area contributed by atoms with E-state index in [1.807, 2.05) is 29.9 Å². The van der Waals surface area contributed by atoms with E-state index in [0.717, 1.165) is 80.1 Å². The van der Waals surface area contributed by atoms with Crippen molar-refractivity contribution in [2.45, 2.75) is 65.0 Å². The molecule has 38 heavy (non-hydrogen) atoms. The number of rotatable bonds is 7. The lowest BCUT2D eigenvalue weighted by atomic mass is 9.87. The van der Waals surface area contributed by atoms with Crippen LogP contribution in [-0.2, 0) is 4.79 Å². The van der Waals surface area contributed by atoms with Crippen molar-refractivity contribution in [2.24, 2.45) is 11.8 Å². The molecule has 3 aromatic rings. The second kappa shape index (κ2) is 11.4. The maximum Gasteiger partial charge on any atom is 0.303 e. The molecule has 204 valence electrons. The Labute approximate surface area is 233 Å². The second-order valence-electron chi connectivity index (χ2n) is 11.0. The van der Waals surface area contributed by atoms with Crippen LogP contribution in [0.5, 0.6) is 0 Å². The molecule has 0 spiro atoms. The maximum atomic E-state index is 11.0. The van der Waals surface area contributed by atoms with E-state index in [2.05, 4.69) is 23.6 Å². The van der Waals surface area contributed by atoms with Gasteiger partial charge in [-0.2, -0.15) is 5.10 Å². The summed E-state index contributed by atoms with van der Waals surface area (Å²) in [5.41, 5.74) is 3.33. The zero-order valence-corrected chi connectivity index (χ0v) is 23.8. The zero-order chi connectivity index (χ0) is 27.0. The molecule has 4 atom stereocenters. The highest BCUT2D eigenvalue weighted by atomic mass is 35.5. The third kappa shape index (κ3) is 5.63. The third-order valence-corrected chi connectivity index (χ3v) is 8.87. The number of likely N-dealkylation sites (tertiary alicyclic amines) is 1. The van der Waals surface area contributed by atoms with Gasteiger partial charge in [-0.1, -0.05) is 36.2 Å². The highest BCUT2D eigenvalue weighted by Crippen LogP contribution is 2.33. The summed E-state index contributed by atoms with van der Waals surface area (Å²) in [7, 11) is 0. The molecule has 0 saturated carbocycles. The number of anilines is 1. The molecule has 10 heteroatoms. The molecule has 2 aromatic heterocycles. The summed E-state index contributed by atoms with van der Waals surface area (Å²) >= 11 is 12.6. The number of carboxylic acids is 1. The molecule has 1 N–H and O–H groups in total. The predicted molar refractivity (Wildman–Crippen MR) is 151 cm³/mol. The lowest BCUT2D eigenvalue weighted by Gasteiger charge is -2.46. The van der Waals surface area contributed by atoms with Crippen LogP contribution >= 0.6 is 23.2 Å². The van der Waals surface area contributed by atoms with Crippen LogP contribution in [0.2, 0.25) is 10.0 Å². The molecule has 0 radical (unpaired) electrons. The molecule has 2 aliphatic rings. The van der Waals surface area contributed by atoms with Gasteiger partial charge in [0.1, 0.15) is 11.3 Å². The zero-order valence-electron chi connectivity index (χ0n) is 22.3. The largest absolute Gasteiger partial charge is 0.481 e. The molecular formula is C28H36Cl2N6O2. The number of carbonyl (C=O) groups is 1. The van der Waals surface area contributed by atoms with Crippen LogP contribution in [-0.4, -0.2) is 67.9 Å².